The van der Waals surface area contributed by atoms with Gasteiger partial charge in [-0.3, -0.25) is 15.1 Å². The number of nitrogens with one attached hydrogen (secondary N) is 1. The Morgan fingerprint density at radius 3 is 3.04 bits per heavy atom. The Balaban J connectivity index is 1.50. The first-order valence-corrected chi connectivity index (χ1v) is 11.0. The van der Waals surface area contributed by atoms with Crippen LogP contribution in [0.2, 0.25) is 0 Å². The van der Waals surface area contributed by atoms with E-state index in [1.165, 1.54) is 22.7 Å². The maximum Gasteiger partial charge on any atom is 0.269 e. The minimum absolute atomic E-state index is 0.00361. The number of hydrogen-bond acceptors (Lipinski definition) is 8. The van der Waals surface area contributed by atoms with Gasteiger partial charge in [0.15, 0.2) is 0 Å². The molecule has 1 N–H and O–H groups in total. The third-order valence-corrected chi connectivity index (χ3v) is 6.57. The van der Waals surface area contributed by atoms with E-state index in [1.54, 1.807) is 6.20 Å². The highest BCUT2D eigenvalue weighted by Crippen LogP contribution is 2.33. The van der Waals surface area contributed by atoms with Crippen molar-refractivity contribution in [3.05, 3.63) is 39.6 Å². The van der Waals surface area contributed by atoms with Crippen LogP contribution in [0.1, 0.15) is 58.4 Å². The molecule has 0 spiro atoms. The largest absolute Gasteiger partial charge is 0.371 e. The number of carbonyl (C=O) groups is 1. The fourth-order valence-corrected chi connectivity index (χ4v) is 4.86. The molecular formula is C19H21N5O2S2. The Hall–Kier alpha value is -2.23. The van der Waals surface area contributed by atoms with Crippen LogP contribution in [0, 0.1) is 6.92 Å². The van der Waals surface area contributed by atoms with Gasteiger partial charge in [0.1, 0.15) is 21.0 Å². The second-order valence-corrected chi connectivity index (χ2v) is 8.63. The first kappa shape index (κ1) is 19.1. The summed E-state index contributed by atoms with van der Waals surface area (Å²) < 4.78 is 5.62. The minimum Gasteiger partial charge on any atom is -0.371 e. The highest BCUT2D eigenvalue weighted by molar-refractivity contribution is 7.17. The summed E-state index contributed by atoms with van der Waals surface area (Å²) in [6, 6.07) is 3.97. The molecule has 4 heterocycles. The molecule has 0 aromatic carbocycles. The second-order valence-electron chi connectivity index (χ2n) is 6.62. The lowest BCUT2D eigenvalue weighted by atomic mass is 10.2. The maximum atomic E-state index is 12.7. The van der Waals surface area contributed by atoms with E-state index in [2.05, 4.69) is 32.4 Å². The van der Waals surface area contributed by atoms with E-state index < -0.39 is 0 Å². The molecule has 146 valence electrons. The Kier molecular flexibility index (Phi) is 5.74. The highest BCUT2D eigenvalue weighted by atomic mass is 32.1. The second kappa shape index (κ2) is 8.42. The molecule has 1 aliphatic heterocycles. The number of pyridine rings is 1. The van der Waals surface area contributed by atoms with Crippen molar-refractivity contribution < 1.29 is 9.53 Å². The van der Waals surface area contributed by atoms with Crippen LogP contribution in [-0.2, 0) is 11.2 Å². The Bertz CT molecular complexity index is 978. The van der Waals surface area contributed by atoms with E-state index in [4.69, 9.17) is 4.74 Å². The van der Waals surface area contributed by atoms with Gasteiger partial charge in [0, 0.05) is 24.1 Å². The van der Waals surface area contributed by atoms with Gasteiger partial charge in [0.25, 0.3) is 5.91 Å². The van der Waals surface area contributed by atoms with Gasteiger partial charge in [-0.05, 0) is 38.3 Å². The zero-order valence-electron chi connectivity index (χ0n) is 15.8. The van der Waals surface area contributed by atoms with Gasteiger partial charge in [0.2, 0.25) is 5.13 Å². The number of hydrogen-bond donors (Lipinski definition) is 1. The first-order valence-electron chi connectivity index (χ1n) is 9.33. The van der Waals surface area contributed by atoms with Gasteiger partial charge in [0.05, 0.1) is 5.69 Å². The minimum atomic E-state index is -0.209. The summed E-state index contributed by atoms with van der Waals surface area (Å²) >= 11 is 2.75. The van der Waals surface area contributed by atoms with Crippen LogP contribution in [-0.4, -0.2) is 32.7 Å². The number of amides is 1. The molecule has 0 radical (unpaired) electrons. The summed E-state index contributed by atoms with van der Waals surface area (Å²) in [6.45, 7) is 4.73. The van der Waals surface area contributed by atoms with Gasteiger partial charge in [-0.1, -0.05) is 24.7 Å². The average Bonchev–Trinajstić information content (AvgIpc) is 3.42. The average molecular weight is 416 g/mol. The van der Waals surface area contributed by atoms with Crippen molar-refractivity contribution in [1.82, 2.24) is 20.2 Å². The van der Waals surface area contributed by atoms with Crippen molar-refractivity contribution in [1.29, 1.82) is 0 Å². The number of thiazole rings is 1. The Morgan fingerprint density at radius 1 is 1.36 bits per heavy atom. The van der Waals surface area contributed by atoms with Crippen molar-refractivity contribution in [3.8, 4) is 10.6 Å². The fraction of sp³-hybridized carbons (Fsp3) is 0.421. The van der Waals surface area contributed by atoms with E-state index >= 15 is 0 Å². The summed E-state index contributed by atoms with van der Waals surface area (Å²) in [4.78, 5) is 22.3. The van der Waals surface area contributed by atoms with Crippen molar-refractivity contribution >= 4 is 33.7 Å². The van der Waals surface area contributed by atoms with Crippen LogP contribution in [0.15, 0.2) is 18.3 Å². The molecule has 0 bridgehead atoms. The molecule has 28 heavy (non-hydrogen) atoms. The zero-order valence-corrected chi connectivity index (χ0v) is 17.4. The smallest absolute Gasteiger partial charge is 0.269 e. The lowest BCUT2D eigenvalue weighted by molar-refractivity contribution is 0.102. The lowest BCUT2D eigenvalue weighted by Gasteiger charge is -2.02. The summed E-state index contributed by atoms with van der Waals surface area (Å²) in [6.07, 6.45) is 5.75. The fourth-order valence-electron chi connectivity index (χ4n) is 3.08. The van der Waals surface area contributed by atoms with Crippen molar-refractivity contribution in [2.75, 3.05) is 11.9 Å². The molecule has 1 atom stereocenters. The monoisotopic (exact) mass is 415 g/mol. The Morgan fingerprint density at radius 2 is 2.25 bits per heavy atom. The van der Waals surface area contributed by atoms with Crippen LogP contribution in [0.3, 0.4) is 0 Å². The van der Waals surface area contributed by atoms with E-state index in [1.807, 2.05) is 19.1 Å². The van der Waals surface area contributed by atoms with Crippen LogP contribution in [0.4, 0.5) is 5.13 Å². The topological polar surface area (TPSA) is 89.9 Å². The molecule has 3 aromatic rings. The van der Waals surface area contributed by atoms with Crippen LogP contribution in [0.25, 0.3) is 10.6 Å². The predicted octanol–water partition coefficient (Wildman–Crippen LogP) is 4.42. The molecule has 3 aromatic heterocycles. The third-order valence-electron chi connectivity index (χ3n) is 4.44. The number of anilines is 1. The molecule has 7 nitrogen and oxygen atoms in total. The van der Waals surface area contributed by atoms with Gasteiger partial charge < -0.3 is 4.74 Å². The standard InChI is InChI=1S/C19H21N5O2S2/c1-3-5-13-10-12(7-8-20-13)17-21-11(2)15(27-17)16(25)22-19-24-23-18(28-19)14-6-4-9-26-14/h7-8,10,14H,3-6,9H2,1-2H3,(H,22,24,25)/t14-/m1/s1. The van der Waals surface area contributed by atoms with Crippen LogP contribution in [0.5, 0.6) is 0 Å². The van der Waals surface area contributed by atoms with E-state index in [-0.39, 0.29) is 12.0 Å². The highest BCUT2D eigenvalue weighted by Gasteiger charge is 2.23. The predicted molar refractivity (Wildman–Crippen MR) is 110 cm³/mol. The number of aromatic nitrogens is 4. The summed E-state index contributed by atoms with van der Waals surface area (Å²) in [7, 11) is 0. The third kappa shape index (κ3) is 4.11. The number of nitrogens with zero attached hydrogens (tertiary/aromatic N) is 4. The number of aryl methyl sites for hydroxylation is 2. The molecule has 0 saturated carbocycles. The molecule has 1 amide bonds. The molecule has 1 aliphatic rings. The normalized spacial score (nSPS) is 16.4. The summed E-state index contributed by atoms with van der Waals surface area (Å²) in [5.41, 5.74) is 2.73. The molecular weight excluding hydrogens is 394 g/mol. The van der Waals surface area contributed by atoms with Crippen molar-refractivity contribution in [2.45, 2.75) is 45.6 Å². The molecule has 4 rings (SSSR count). The molecule has 1 saturated heterocycles. The molecule has 0 aliphatic carbocycles. The maximum absolute atomic E-state index is 12.7. The molecule has 0 unspecified atom stereocenters. The van der Waals surface area contributed by atoms with E-state index in [0.717, 1.165) is 53.6 Å². The Labute approximate surface area is 171 Å². The SMILES string of the molecule is CCCc1cc(-c2nc(C)c(C(=O)Nc3nnc([C@H]4CCCO4)s3)s2)ccn1. The number of rotatable bonds is 6. The van der Waals surface area contributed by atoms with Gasteiger partial charge in [-0.25, -0.2) is 4.98 Å². The van der Waals surface area contributed by atoms with Crippen LogP contribution >= 0.6 is 22.7 Å². The molecule has 1 fully saturated rings. The van der Waals surface area contributed by atoms with E-state index in [0.29, 0.717) is 15.7 Å². The summed E-state index contributed by atoms with van der Waals surface area (Å²) in [5.74, 6) is -0.209. The van der Waals surface area contributed by atoms with Gasteiger partial charge in [-0.2, -0.15) is 0 Å². The lowest BCUT2D eigenvalue weighted by Crippen LogP contribution is -2.11. The zero-order chi connectivity index (χ0) is 19.5. The first-order chi connectivity index (χ1) is 13.6. The number of ether oxygens (including phenoxy) is 1. The van der Waals surface area contributed by atoms with Gasteiger partial charge in [-0.15, -0.1) is 21.5 Å². The quantitative estimate of drug-likeness (QED) is 0.641. The van der Waals surface area contributed by atoms with Gasteiger partial charge >= 0.3 is 0 Å². The van der Waals surface area contributed by atoms with E-state index in [9.17, 15) is 4.79 Å². The number of carbonyl (C=O) groups excluding carboxylic acids is 1. The van der Waals surface area contributed by atoms with Crippen molar-refractivity contribution in [3.63, 3.8) is 0 Å². The molecule has 9 heteroatoms. The summed E-state index contributed by atoms with van der Waals surface area (Å²) in [5, 5.41) is 13.2. The van der Waals surface area contributed by atoms with Crippen molar-refractivity contribution in [2.24, 2.45) is 0 Å². The van der Waals surface area contributed by atoms with Crippen LogP contribution < -0.4 is 5.32 Å².